The number of rotatable bonds is 4. The van der Waals surface area contributed by atoms with Gasteiger partial charge in [-0.2, -0.15) is 0 Å². The zero-order chi connectivity index (χ0) is 17.3. The van der Waals surface area contributed by atoms with E-state index in [4.69, 9.17) is 0 Å². The van der Waals surface area contributed by atoms with Crippen molar-refractivity contribution >= 4 is 17.3 Å². The number of non-ortho nitro benzene ring substituents is 1. The van der Waals surface area contributed by atoms with Crippen LogP contribution in [0.25, 0.3) is 0 Å². The Balaban J connectivity index is 1.90. The van der Waals surface area contributed by atoms with Gasteiger partial charge in [0.15, 0.2) is 0 Å². The predicted molar refractivity (Wildman–Crippen MR) is 93.1 cm³/mol. The molecule has 1 aromatic rings. The van der Waals surface area contributed by atoms with Crippen molar-refractivity contribution in [3.05, 3.63) is 33.9 Å². The van der Waals surface area contributed by atoms with Gasteiger partial charge in [0.1, 0.15) is 0 Å². The summed E-state index contributed by atoms with van der Waals surface area (Å²) in [5, 5.41) is 14.1. The minimum Gasteiger partial charge on any atom is -0.368 e. The molecule has 1 fully saturated rings. The normalized spacial score (nSPS) is 22.7. The zero-order valence-electron chi connectivity index (χ0n) is 14.3. The van der Waals surface area contributed by atoms with Crippen molar-refractivity contribution in [3.63, 3.8) is 0 Å². The number of nitro groups is 1. The number of amides is 1. The summed E-state index contributed by atoms with van der Waals surface area (Å²) >= 11 is 0. The molecule has 6 nitrogen and oxygen atoms in total. The summed E-state index contributed by atoms with van der Waals surface area (Å²) in [6.45, 7) is 5.74. The summed E-state index contributed by atoms with van der Waals surface area (Å²) in [6, 6.07) is 5.28. The van der Waals surface area contributed by atoms with E-state index in [1.54, 1.807) is 12.1 Å². The topological polar surface area (TPSA) is 75.5 Å². The Kier molecular flexibility index (Phi) is 4.73. The maximum atomic E-state index is 12.7. The van der Waals surface area contributed by atoms with Gasteiger partial charge in [-0.1, -0.05) is 13.8 Å². The third-order valence-corrected chi connectivity index (χ3v) is 5.06. The van der Waals surface area contributed by atoms with Crippen LogP contribution in [-0.2, 0) is 11.2 Å². The summed E-state index contributed by atoms with van der Waals surface area (Å²) in [4.78, 5) is 25.7. The molecule has 2 heterocycles. The molecule has 1 aromatic carbocycles. The highest BCUT2D eigenvalue weighted by Gasteiger charge is 2.39. The van der Waals surface area contributed by atoms with Crippen molar-refractivity contribution in [1.82, 2.24) is 5.32 Å². The quantitative estimate of drug-likeness (QED) is 0.680. The SMILES string of the molecule is CC(C)CNC(=O)[C@H]1Cc2cc([N+](=O)[O-])ccc2N2CCCC[C@@H]12. The summed E-state index contributed by atoms with van der Waals surface area (Å²) in [5.41, 5.74) is 2.09. The summed E-state index contributed by atoms with van der Waals surface area (Å²) < 4.78 is 0. The summed E-state index contributed by atoms with van der Waals surface area (Å²) in [6.07, 6.45) is 3.84. The van der Waals surface area contributed by atoms with E-state index >= 15 is 0 Å². The fourth-order valence-electron chi connectivity index (χ4n) is 3.88. The Bertz CT molecular complexity index is 644. The van der Waals surface area contributed by atoms with Crippen LogP contribution in [0.1, 0.15) is 38.7 Å². The zero-order valence-corrected chi connectivity index (χ0v) is 14.3. The van der Waals surface area contributed by atoms with E-state index in [0.717, 1.165) is 37.1 Å². The summed E-state index contributed by atoms with van der Waals surface area (Å²) in [7, 11) is 0. The van der Waals surface area contributed by atoms with Gasteiger partial charge in [0.25, 0.3) is 5.69 Å². The minimum atomic E-state index is -0.365. The molecule has 24 heavy (non-hydrogen) atoms. The second kappa shape index (κ2) is 6.79. The van der Waals surface area contributed by atoms with Crippen molar-refractivity contribution in [1.29, 1.82) is 0 Å². The van der Waals surface area contributed by atoms with Gasteiger partial charge >= 0.3 is 0 Å². The number of carbonyl (C=O) groups excluding carboxylic acids is 1. The number of fused-ring (bicyclic) bond motifs is 3. The van der Waals surface area contributed by atoms with Gasteiger partial charge in [0, 0.05) is 37.0 Å². The van der Waals surface area contributed by atoms with Gasteiger partial charge in [-0.05, 0) is 43.2 Å². The third-order valence-electron chi connectivity index (χ3n) is 5.06. The second-order valence-electron chi connectivity index (χ2n) is 7.28. The minimum absolute atomic E-state index is 0.0813. The molecule has 0 radical (unpaired) electrons. The largest absolute Gasteiger partial charge is 0.368 e. The van der Waals surface area contributed by atoms with Crippen LogP contribution in [0.3, 0.4) is 0 Å². The van der Waals surface area contributed by atoms with Crippen molar-refractivity contribution in [2.24, 2.45) is 11.8 Å². The van der Waals surface area contributed by atoms with Crippen LogP contribution in [0.2, 0.25) is 0 Å². The van der Waals surface area contributed by atoms with Gasteiger partial charge in [-0.3, -0.25) is 14.9 Å². The molecule has 2 aliphatic rings. The molecule has 0 spiro atoms. The first-order valence-electron chi connectivity index (χ1n) is 8.79. The molecule has 0 aliphatic carbocycles. The molecule has 2 aliphatic heterocycles. The van der Waals surface area contributed by atoms with Crippen molar-refractivity contribution in [2.75, 3.05) is 18.0 Å². The highest BCUT2D eigenvalue weighted by molar-refractivity contribution is 5.82. The summed E-state index contributed by atoms with van der Waals surface area (Å²) in [5.74, 6) is 0.365. The number of nitrogens with one attached hydrogen (secondary N) is 1. The molecule has 2 atom stereocenters. The Morgan fingerprint density at radius 1 is 1.42 bits per heavy atom. The third kappa shape index (κ3) is 3.23. The van der Waals surface area contributed by atoms with E-state index in [0.29, 0.717) is 18.9 Å². The fraction of sp³-hybridized carbons (Fsp3) is 0.611. The standard InChI is InChI=1S/C18H25N3O3/c1-12(2)11-19-18(22)15-10-13-9-14(21(23)24)6-7-16(13)20-8-4-3-5-17(15)20/h6-7,9,12,15,17H,3-5,8,10-11H2,1-2H3,(H,19,22)/t15-,17-/m0/s1. The van der Waals surface area contributed by atoms with E-state index < -0.39 is 0 Å². The van der Waals surface area contributed by atoms with Gasteiger partial charge in [-0.25, -0.2) is 0 Å². The maximum absolute atomic E-state index is 12.7. The molecular formula is C18H25N3O3. The molecule has 0 aromatic heterocycles. The van der Waals surface area contributed by atoms with Crippen molar-refractivity contribution < 1.29 is 9.72 Å². The lowest BCUT2D eigenvalue weighted by molar-refractivity contribution is -0.384. The van der Waals surface area contributed by atoms with Crippen molar-refractivity contribution in [3.8, 4) is 0 Å². The van der Waals surface area contributed by atoms with Crippen LogP contribution in [-0.4, -0.2) is 30.0 Å². The smallest absolute Gasteiger partial charge is 0.269 e. The second-order valence-corrected chi connectivity index (χ2v) is 7.28. The van der Waals surface area contributed by atoms with Crippen LogP contribution in [0.5, 0.6) is 0 Å². The van der Waals surface area contributed by atoms with Crippen LogP contribution in [0.15, 0.2) is 18.2 Å². The number of nitrogens with zero attached hydrogens (tertiary/aromatic N) is 2. The maximum Gasteiger partial charge on any atom is 0.269 e. The molecule has 0 unspecified atom stereocenters. The lowest BCUT2D eigenvalue weighted by Crippen LogP contribution is -2.53. The first-order chi connectivity index (χ1) is 11.5. The van der Waals surface area contributed by atoms with Crippen LogP contribution in [0.4, 0.5) is 11.4 Å². The molecule has 130 valence electrons. The average Bonchev–Trinajstić information content (AvgIpc) is 2.58. The monoisotopic (exact) mass is 331 g/mol. The first-order valence-corrected chi connectivity index (χ1v) is 8.79. The van der Waals surface area contributed by atoms with Crippen LogP contribution in [0, 0.1) is 22.0 Å². The van der Waals surface area contributed by atoms with Gasteiger partial charge in [-0.15, -0.1) is 0 Å². The Hall–Kier alpha value is -2.11. The predicted octanol–water partition coefficient (Wildman–Crippen LogP) is 2.90. The van der Waals surface area contributed by atoms with E-state index in [9.17, 15) is 14.9 Å². The molecule has 1 saturated heterocycles. The van der Waals surface area contributed by atoms with Crippen molar-refractivity contribution in [2.45, 2.75) is 45.6 Å². The van der Waals surface area contributed by atoms with Crippen LogP contribution < -0.4 is 10.2 Å². The fourth-order valence-corrected chi connectivity index (χ4v) is 3.88. The first kappa shape index (κ1) is 16.7. The van der Waals surface area contributed by atoms with Gasteiger partial charge < -0.3 is 10.2 Å². The van der Waals surface area contributed by atoms with E-state index in [1.807, 2.05) is 6.07 Å². The molecule has 3 rings (SSSR count). The number of nitro benzene ring substituents is 1. The molecule has 1 N–H and O–H groups in total. The number of carbonyl (C=O) groups is 1. The number of anilines is 1. The Morgan fingerprint density at radius 3 is 2.92 bits per heavy atom. The Labute approximate surface area is 142 Å². The molecule has 1 amide bonds. The van der Waals surface area contributed by atoms with Gasteiger partial charge in [0.05, 0.1) is 10.8 Å². The number of hydrogen-bond acceptors (Lipinski definition) is 4. The molecule has 0 bridgehead atoms. The Morgan fingerprint density at radius 2 is 2.21 bits per heavy atom. The molecule has 0 saturated carbocycles. The lowest BCUT2D eigenvalue weighted by Gasteiger charge is -2.46. The molecule has 6 heteroatoms. The van der Waals surface area contributed by atoms with E-state index in [1.165, 1.54) is 0 Å². The van der Waals surface area contributed by atoms with E-state index in [2.05, 4.69) is 24.1 Å². The lowest BCUT2D eigenvalue weighted by atomic mass is 9.80. The van der Waals surface area contributed by atoms with Gasteiger partial charge in [0.2, 0.25) is 5.91 Å². The highest BCUT2D eigenvalue weighted by atomic mass is 16.6. The number of benzene rings is 1. The molecular weight excluding hydrogens is 306 g/mol. The number of hydrogen-bond donors (Lipinski definition) is 1. The average molecular weight is 331 g/mol. The van der Waals surface area contributed by atoms with Crippen LogP contribution >= 0.6 is 0 Å². The van der Waals surface area contributed by atoms with E-state index in [-0.39, 0.29) is 28.5 Å². The highest BCUT2D eigenvalue weighted by Crippen LogP contribution is 2.39. The number of piperidine rings is 1.